The normalized spacial score (nSPS) is 11.1. The molecule has 0 saturated carbocycles. The first kappa shape index (κ1) is 19.2. The number of hydrogen-bond donors (Lipinski definition) is 2. The number of ether oxygens (including phenoxy) is 1. The van der Waals surface area contributed by atoms with E-state index >= 15 is 0 Å². The van der Waals surface area contributed by atoms with E-state index in [1.807, 2.05) is 6.07 Å². The molecule has 0 spiro atoms. The molecule has 0 fully saturated rings. The molecule has 1 amide bonds. The third-order valence-corrected chi connectivity index (χ3v) is 4.04. The zero-order chi connectivity index (χ0) is 18.4. The molecular formula is C17H16AsF3N2O2. The Kier molecular flexibility index (Phi) is 6.37. The zero-order valence-electron chi connectivity index (χ0n) is 13.4. The number of carbonyl (C=O) groups excluding carboxylic acids is 1. The van der Waals surface area contributed by atoms with Crippen molar-refractivity contribution < 1.29 is 22.7 Å². The van der Waals surface area contributed by atoms with Crippen molar-refractivity contribution in [3.8, 4) is 0 Å². The number of hydrogen-bond acceptors (Lipinski definition) is 3. The fraction of sp³-hybridized carbons (Fsp3) is 0.235. The molecule has 0 atom stereocenters. The van der Waals surface area contributed by atoms with Gasteiger partial charge in [-0.15, -0.1) is 0 Å². The maximum absolute atomic E-state index is 12.7. The number of halogens is 3. The van der Waals surface area contributed by atoms with Crippen LogP contribution in [0.2, 0.25) is 0 Å². The van der Waals surface area contributed by atoms with Gasteiger partial charge in [0.2, 0.25) is 0 Å². The summed E-state index contributed by atoms with van der Waals surface area (Å²) in [6.07, 6.45) is -4.91. The predicted molar refractivity (Wildman–Crippen MR) is 91.2 cm³/mol. The van der Waals surface area contributed by atoms with Gasteiger partial charge >= 0.3 is 152 Å². The number of alkyl halides is 3. The second kappa shape index (κ2) is 8.30. The van der Waals surface area contributed by atoms with Gasteiger partial charge in [-0.05, 0) is 0 Å². The molecule has 0 unspecified atom stereocenters. The van der Waals surface area contributed by atoms with Gasteiger partial charge in [-0.25, -0.2) is 0 Å². The van der Waals surface area contributed by atoms with Crippen molar-refractivity contribution in [1.82, 2.24) is 0 Å². The SMILES string of the molecule is CCOC(=O)Nc1ccc(CNc2cccc(C(F)(F)F)c2)cc1[As]. The molecule has 0 aliphatic carbocycles. The van der Waals surface area contributed by atoms with Crippen LogP contribution in [-0.4, -0.2) is 29.6 Å². The zero-order valence-corrected chi connectivity index (χ0v) is 15.2. The molecule has 25 heavy (non-hydrogen) atoms. The minimum atomic E-state index is -4.37. The summed E-state index contributed by atoms with van der Waals surface area (Å²) < 4.78 is 43.7. The fourth-order valence-corrected chi connectivity index (χ4v) is 2.70. The van der Waals surface area contributed by atoms with Crippen LogP contribution in [0.25, 0.3) is 0 Å². The molecule has 8 heteroatoms. The van der Waals surface area contributed by atoms with Crippen LogP contribution in [0.1, 0.15) is 18.1 Å². The van der Waals surface area contributed by atoms with Gasteiger partial charge in [-0.1, -0.05) is 0 Å². The Bertz CT molecular complexity index is 751. The summed E-state index contributed by atoms with van der Waals surface area (Å²) in [5.74, 6) is 0. The van der Waals surface area contributed by atoms with E-state index in [-0.39, 0.29) is 6.61 Å². The molecular weight excluding hydrogens is 396 g/mol. The van der Waals surface area contributed by atoms with Crippen molar-refractivity contribution in [2.24, 2.45) is 0 Å². The van der Waals surface area contributed by atoms with Crippen LogP contribution in [0.3, 0.4) is 0 Å². The van der Waals surface area contributed by atoms with Crippen molar-refractivity contribution in [2.75, 3.05) is 17.2 Å². The molecule has 2 rings (SSSR count). The van der Waals surface area contributed by atoms with E-state index in [0.717, 1.165) is 22.0 Å². The Balaban J connectivity index is 2.02. The number of rotatable bonds is 5. The van der Waals surface area contributed by atoms with E-state index in [4.69, 9.17) is 4.74 Å². The van der Waals surface area contributed by atoms with Gasteiger partial charge in [0.25, 0.3) is 0 Å². The summed E-state index contributed by atoms with van der Waals surface area (Å²) in [6, 6.07) is 10.4. The Labute approximate surface area is 152 Å². The van der Waals surface area contributed by atoms with Gasteiger partial charge in [-0.2, -0.15) is 0 Å². The Hall–Kier alpha value is -2.14. The molecule has 0 bridgehead atoms. The van der Waals surface area contributed by atoms with Gasteiger partial charge in [0.05, 0.1) is 0 Å². The molecule has 0 aliphatic rings. The van der Waals surface area contributed by atoms with Crippen LogP contribution in [0.5, 0.6) is 0 Å². The summed E-state index contributed by atoms with van der Waals surface area (Å²) in [7, 11) is 0. The molecule has 2 radical (unpaired) electrons. The van der Waals surface area contributed by atoms with Crippen LogP contribution in [0.15, 0.2) is 42.5 Å². The number of amides is 1. The molecule has 132 valence electrons. The van der Waals surface area contributed by atoms with Crippen LogP contribution in [-0.2, 0) is 17.5 Å². The van der Waals surface area contributed by atoms with Crippen LogP contribution < -0.4 is 15.0 Å². The van der Waals surface area contributed by atoms with E-state index in [2.05, 4.69) is 27.5 Å². The van der Waals surface area contributed by atoms with E-state index in [1.165, 1.54) is 6.07 Å². The van der Waals surface area contributed by atoms with Crippen LogP contribution in [0, 0.1) is 0 Å². The van der Waals surface area contributed by atoms with Gasteiger partial charge < -0.3 is 0 Å². The first-order valence-electron chi connectivity index (χ1n) is 7.46. The number of nitrogens with one attached hydrogen (secondary N) is 2. The summed E-state index contributed by atoms with van der Waals surface area (Å²) in [5.41, 5.74) is 1.15. The quantitative estimate of drug-likeness (QED) is 0.737. The first-order chi connectivity index (χ1) is 11.8. The molecule has 2 aromatic carbocycles. The number of anilines is 2. The third-order valence-electron chi connectivity index (χ3n) is 3.26. The van der Waals surface area contributed by atoms with Crippen molar-refractivity contribution >= 4 is 38.7 Å². The van der Waals surface area contributed by atoms with Crippen LogP contribution >= 0.6 is 0 Å². The average molecular weight is 412 g/mol. The first-order valence-corrected chi connectivity index (χ1v) is 8.40. The van der Waals surface area contributed by atoms with Crippen molar-refractivity contribution in [1.29, 1.82) is 0 Å². The van der Waals surface area contributed by atoms with E-state index in [9.17, 15) is 18.0 Å². The fourth-order valence-electron chi connectivity index (χ4n) is 2.08. The van der Waals surface area contributed by atoms with E-state index in [0.29, 0.717) is 17.9 Å². The van der Waals surface area contributed by atoms with Gasteiger partial charge in [0.15, 0.2) is 0 Å². The Morgan fingerprint density at radius 3 is 2.60 bits per heavy atom. The second-order valence-electron chi connectivity index (χ2n) is 5.13. The van der Waals surface area contributed by atoms with E-state index < -0.39 is 17.8 Å². The summed E-state index contributed by atoms with van der Waals surface area (Å²) >= 11 is 2.33. The Morgan fingerprint density at radius 1 is 1.20 bits per heavy atom. The molecule has 0 heterocycles. The molecule has 0 aromatic heterocycles. The van der Waals surface area contributed by atoms with Crippen LogP contribution in [0.4, 0.5) is 29.3 Å². The summed E-state index contributed by atoms with van der Waals surface area (Å²) in [6.45, 7) is 2.34. The van der Waals surface area contributed by atoms with Crippen molar-refractivity contribution in [2.45, 2.75) is 19.6 Å². The molecule has 4 nitrogen and oxygen atoms in total. The minimum absolute atomic E-state index is 0.277. The molecule has 0 aliphatic heterocycles. The third kappa shape index (κ3) is 5.71. The van der Waals surface area contributed by atoms with Crippen molar-refractivity contribution in [3.63, 3.8) is 0 Å². The van der Waals surface area contributed by atoms with Crippen molar-refractivity contribution in [3.05, 3.63) is 53.6 Å². The monoisotopic (exact) mass is 412 g/mol. The second-order valence-corrected chi connectivity index (χ2v) is 6.14. The molecule has 2 aromatic rings. The number of benzene rings is 2. The number of carbonyl (C=O) groups is 1. The summed E-state index contributed by atoms with van der Waals surface area (Å²) in [5, 5.41) is 5.58. The molecule has 2 N–H and O–H groups in total. The average Bonchev–Trinajstić information content (AvgIpc) is 2.55. The van der Waals surface area contributed by atoms with E-state index in [1.54, 1.807) is 25.1 Å². The van der Waals surface area contributed by atoms with Gasteiger partial charge in [0, 0.05) is 0 Å². The predicted octanol–water partition coefficient (Wildman–Crippen LogP) is 3.68. The topological polar surface area (TPSA) is 50.4 Å². The standard InChI is InChI=1S/C17H16AsF3N2O2/c1-2-25-16(24)23-15-7-6-11(8-14(15)18)10-22-13-5-3-4-12(9-13)17(19,20)21/h3-9,22H,2,10H2,1H3,(H,23,24). The molecule has 0 saturated heterocycles. The maximum atomic E-state index is 12.7. The van der Waals surface area contributed by atoms with Gasteiger partial charge in [0.1, 0.15) is 0 Å². The summed E-state index contributed by atoms with van der Waals surface area (Å²) in [4.78, 5) is 11.4. The van der Waals surface area contributed by atoms with Gasteiger partial charge in [-0.3, -0.25) is 0 Å². The Morgan fingerprint density at radius 2 is 1.96 bits per heavy atom.